The van der Waals surface area contributed by atoms with Crippen molar-refractivity contribution in [3.05, 3.63) is 24.0 Å². The van der Waals surface area contributed by atoms with E-state index in [1.165, 1.54) is 0 Å². The topological polar surface area (TPSA) is 93.4 Å². The molecule has 2 rings (SSSR count). The van der Waals surface area contributed by atoms with Gasteiger partial charge in [0, 0.05) is 32.5 Å². The van der Waals surface area contributed by atoms with Gasteiger partial charge in [0.1, 0.15) is 11.6 Å². The minimum Gasteiger partial charge on any atom is -0.497 e. The van der Waals surface area contributed by atoms with Crippen molar-refractivity contribution in [2.45, 2.75) is 19.3 Å². The van der Waals surface area contributed by atoms with Gasteiger partial charge >= 0.3 is 5.97 Å². The first-order valence-electron chi connectivity index (χ1n) is 6.99. The molecule has 0 saturated carbocycles. The highest BCUT2D eigenvalue weighted by atomic mass is 16.5. The van der Waals surface area contributed by atoms with E-state index < -0.39 is 5.97 Å². The van der Waals surface area contributed by atoms with Crippen LogP contribution in [0.5, 0.6) is 5.75 Å². The Labute approximate surface area is 127 Å². The summed E-state index contributed by atoms with van der Waals surface area (Å²) in [6.45, 7) is 0.423. The fourth-order valence-electron chi connectivity index (χ4n) is 2.20. The Morgan fingerprint density at radius 1 is 1.36 bits per heavy atom. The number of carbonyl (C=O) groups excluding carboxylic acids is 1. The van der Waals surface area contributed by atoms with E-state index in [4.69, 9.17) is 9.84 Å². The monoisotopic (exact) mass is 305 g/mol. The van der Waals surface area contributed by atoms with Crippen LogP contribution in [0.1, 0.15) is 18.7 Å². The number of aliphatic carboxylic acids is 1. The number of carboxylic acid groups (broad SMARTS) is 1. The van der Waals surface area contributed by atoms with Crippen LogP contribution in [0.15, 0.2) is 18.2 Å². The molecule has 0 aliphatic heterocycles. The number of aromatic nitrogens is 2. The molecule has 1 amide bonds. The number of rotatable bonds is 7. The van der Waals surface area contributed by atoms with Crippen LogP contribution in [0.4, 0.5) is 0 Å². The largest absolute Gasteiger partial charge is 0.497 e. The smallest absolute Gasteiger partial charge is 0.303 e. The zero-order chi connectivity index (χ0) is 16.1. The van der Waals surface area contributed by atoms with E-state index in [2.05, 4.69) is 10.3 Å². The first-order chi connectivity index (χ1) is 10.5. The third-order valence-electron chi connectivity index (χ3n) is 3.42. The van der Waals surface area contributed by atoms with E-state index in [1.807, 2.05) is 29.8 Å². The van der Waals surface area contributed by atoms with Gasteiger partial charge in [0.2, 0.25) is 5.91 Å². The number of benzene rings is 1. The van der Waals surface area contributed by atoms with Crippen molar-refractivity contribution < 1.29 is 19.4 Å². The second kappa shape index (κ2) is 6.93. The van der Waals surface area contributed by atoms with Gasteiger partial charge in [-0.05, 0) is 12.1 Å². The van der Waals surface area contributed by atoms with Gasteiger partial charge in [-0.3, -0.25) is 9.59 Å². The summed E-state index contributed by atoms with van der Waals surface area (Å²) in [6.07, 6.45) is 0.416. The predicted molar refractivity (Wildman–Crippen MR) is 80.8 cm³/mol. The van der Waals surface area contributed by atoms with Crippen molar-refractivity contribution in [2.75, 3.05) is 13.7 Å². The molecule has 0 spiro atoms. The standard InChI is InChI=1S/C15H19N3O4/c1-18-12-4-3-10(22-2)9-11(12)17-13(18)7-8-16-14(19)5-6-15(20)21/h3-4,9H,5-8H2,1-2H3,(H,16,19)(H,20,21). The third-order valence-corrected chi connectivity index (χ3v) is 3.42. The molecule has 118 valence electrons. The molecule has 1 aromatic heterocycles. The van der Waals surface area contributed by atoms with Crippen LogP contribution in [-0.4, -0.2) is 40.2 Å². The molecule has 1 heterocycles. The molecule has 2 N–H and O–H groups in total. The Bertz CT molecular complexity index is 693. The zero-order valence-electron chi connectivity index (χ0n) is 12.6. The van der Waals surface area contributed by atoms with Crippen molar-refractivity contribution in [3.63, 3.8) is 0 Å². The summed E-state index contributed by atoms with van der Waals surface area (Å²) in [5.74, 6) is 0.364. The highest BCUT2D eigenvalue weighted by molar-refractivity contribution is 5.80. The number of amides is 1. The number of hydrogen-bond acceptors (Lipinski definition) is 4. The van der Waals surface area contributed by atoms with Gasteiger partial charge < -0.3 is 19.7 Å². The molecule has 2 aromatic rings. The molecule has 0 radical (unpaired) electrons. The maximum atomic E-state index is 11.5. The number of carbonyl (C=O) groups is 2. The predicted octanol–water partition coefficient (Wildman–Crippen LogP) is 1.11. The first-order valence-corrected chi connectivity index (χ1v) is 6.99. The van der Waals surface area contributed by atoms with E-state index in [0.717, 1.165) is 22.6 Å². The fraction of sp³-hybridized carbons (Fsp3) is 0.400. The maximum absolute atomic E-state index is 11.5. The number of methoxy groups -OCH3 is 1. The van der Waals surface area contributed by atoms with E-state index >= 15 is 0 Å². The van der Waals surface area contributed by atoms with Crippen LogP contribution in [0, 0.1) is 0 Å². The summed E-state index contributed by atoms with van der Waals surface area (Å²) in [6, 6.07) is 5.68. The van der Waals surface area contributed by atoms with Crippen molar-refractivity contribution >= 4 is 22.9 Å². The maximum Gasteiger partial charge on any atom is 0.303 e. The highest BCUT2D eigenvalue weighted by Gasteiger charge is 2.10. The summed E-state index contributed by atoms with van der Waals surface area (Å²) < 4.78 is 7.15. The van der Waals surface area contributed by atoms with Crippen LogP contribution >= 0.6 is 0 Å². The molecule has 0 atom stereocenters. The minimum atomic E-state index is -0.973. The zero-order valence-corrected chi connectivity index (χ0v) is 12.6. The Balaban J connectivity index is 1.95. The van der Waals surface area contributed by atoms with Crippen LogP contribution in [0.25, 0.3) is 11.0 Å². The number of fused-ring (bicyclic) bond motifs is 1. The average Bonchev–Trinajstić information content (AvgIpc) is 2.81. The molecule has 1 aromatic carbocycles. The SMILES string of the molecule is COc1ccc2c(c1)nc(CCNC(=O)CCC(=O)O)n2C. The van der Waals surface area contributed by atoms with Gasteiger partial charge in [-0.15, -0.1) is 0 Å². The number of nitrogens with zero attached hydrogens (tertiary/aromatic N) is 2. The number of ether oxygens (including phenoxy) is 1. The minimum absolute atomic E-state index is 0.00489. The molecule has 7 nitrogen and oxygen atoms in total. The third kappa shape index (κ3) is 3.75. The Hall–Kier alpha value is -2.57. The lowest BCUT2D eigenvalue weighted by molar-refractivity contribution is -0.138. The summed E-state index contributed by atoms with van der Waals surface area (Å²) >= 11 is 0. The quantitative estimate of drug-likeness (QED) is 0.799. The van der Waals surface area contributed by atoms with Crippen molar-refractivity contribution in [2.24, 2.45) is 7.05 Å². The Morgan fingerprint density at radius 2 is 2.14 bits per heavy atom. The first kappa shape index (κ1) is 15.8. The lowest BCUT2D eigenvalue weighted by Gasteiger charge is -2.05. The van der Waals surface area contributed by atoms with Crippen molar-refractivity contribution in [1.29, 1.82) is 0 Å². The normalized spacial score (nSPS) is 10.6. The number of imidazole rings is 1. The molecule has 0 aliphatic carbocycles. The van der Waals surface area contributed by atoms with Gasteiger partial charge in [-0.1, -0.05) is 0 Å². The summed E-state index contributed by atoms with van der Waals surface area (Å²) in [5, 5.41) is 11.2. The van der Waals surface area contributed by atoms with Crippen LogP contribution < -0.4 is 10.1 Å². The summed E-state index contributed by atoms with van der Waals surface area (Å²) in [5.41, 5.74) is 1.84. The fourth-order valence-corrected chi connectivity index (χ4v) is 2.20. The summed E-state index contributed by atoms with van der Waals surface area (Å²) in [4.78, 5) is 26.4. The number of aryl methyl sites for hydroxylation is 1. The Kier molecular flexibility index (Phi) is 4.98. The summed E-state index contributed by atoms with van der Waals surface area (Å²) in [7, 11) is 3.53. The molecule has 0 aliphatic rings. The Morgan fingerprint density at radius 3 is 2.82 bits per heavy atom. The van der Waals surface area contributed by atoms with Gasteiger partial charge in [0.05, 0.1) is 24.6 Å². The van der Waals surface area contributed by atoms with Gasteiger partial charge in [-0.25, -0.2) is 4.98 Å². The van der Waals surface area contributed by atoms with E-state index in [-0.39, 0.29) is 18.7 Å². The molecule has 0 bridgehead atoms. The second-order valence-electron chi connectivity index (χ2n) is 4.94. The lowest BCUT2D eigenvalue weighted by Crippen LogP contribution is -2.26. The molecule has 22 heavy (non-hydrogen) atoms. The van der Waals surface area contributed by atoms with Crippen LogP contribution in [-0.2, 0) is 23.1 Å². The van der Waals surface area contributed by atoms with Gasteiger partial charge in [-0.2, -0.15) is 0 Å². The molecule has 0 unspecified atom stereocenters. The molecule has 0 fully saturated rings. The van der Waals surface area contributed by atoms with E-state index in [9.17, 15) is 9.59 Å². The van der Waals surface area contributed by atoms with E-state index in [1.54, 1.807) is 7.11 Å². The average molecular weight is 305 g/mol. The molecular weight excluding hydrogens is 286 g/mol. The molecule has 7 heteroatoms. The van der Waals surface area contributed by atoms with Crippen molar-refractivity contribution in [1.82, 2.24) is 14.9 Å². The second-order valence-corrected chi connectivity index (χ2v) is 4.94. The lowest BCUT2D eigenvalue weighted by atomic mass is 10.3. The van der Waals surface area contributed by atoms with Crippen LogP contribution in [0.2, 0.25) is 0 Å². The van der Waals surface area contributed by atoms with E-state index in [0.29, 0.717) is 13.0 Å². The molecule has 0 saturated heterocycles. The van der Waals surface area contributed by atoms with Crippen molar-refractivity contribution in [3.8, 4) is 5.75 Å². The number of hydrogen-bond donors (Lipinski definition) is 2. The van der Waals surface area contributed by atoms with Crippen LogP contribution in [0.3, 0.4) is 0 Å². The number of nitrogens with one attached hydrogen (secondary N) is 1. The highest BCUT2D eigenvalue weighted by Crippen LogP contribution is 2.20. The molecular formula is C15H19N3O4. The van der Waals surface area contributed by atoms with Gasteiger partial charge in [0.25, 0.3) is 0 Å². The number of carboxylic acids is 1. The van der Waals surface area contributed by atoms with Gasteiger partial charge in [0.15, 0.2) is 0 Å².